The van der Waals surface area contributed by atoms with Gasteiger partial charge in [0.25, 0.3) is 0 Å². The van der Waals surface area contributed by atoms with Crippen molar-refractivity contribution < 1.29 is 5.11 Å². The molecular formula is C10H12N2OS. The van der Waals surface area contributed by atoms with Gasteiger partial charge in [0.1, 0.15) is 5.52 Å². The van der Waals surface area contributed by atoms with Gasteiger partial charge >= 0.3 is 0 Å². The maximum atomic E-state index is 9.24. The van der Waals surface area contributed by atoms with Gasteiger partial charge in [-0.15, -0.1) is 5.10 Å². The predicted molar refractivity (Wildman–Crippen MR) is 57.5 cm³/mol. The molecule has 1 aromatic heterocycles. The molecule has 1 N–H and O–H groups in total. The molecule has 0 atom stereocenters. The second-order valence-corrected chi connectivity index (χ2v) is 4.78. The van der Waals surface area contributed by atoms with Gasteiger partial charge in [-0.25, -0.2) is 0 Å². The van der Waals surface area contributed by atoms with Crippen LogP contribution in [0.5, 0.6) is 0 Å². The predicted octanol–water partition coefficient (Wildman–Crippen LogP) is 1.96. The maximum Gasteiger partial charge on any atom is 0.106 e. The monoisotopic (exact) mass is 208 g/mol. The lowest BCUT2D eigenvalue weighted by molar-refractivity contribution is 0.218. The van der Waals surface area contributed by atoms with Crippen molar-refractivity contribution in [2.75, 3.05) is 6.61 Å². The van der Waals surface area contributed by atoms with Crippen LogP contribution in [-0.2, 0) is 5.41 Å². The van der Waals surface area contributed by atoms with Crippen molar-refractivity contribution in [3.8, 4) is 0 Å². The zero-order valence-corrected chi connectivity index (χ0v) is 9.01. The van der Waals surface area contributed by atoms with E-state index in [9.17, 15) is 5.11 Å². The smallest absolute Gasteiger partial charge is 0.106 e. The quantitative estimate of drug-likeness (QED) is 0.820. The third-order valence-corrected chi connectivity index (χ3v) is 3.13. The molecule has 1 heterocycles. The van der Waals surface area contributed by atoms with Crippen molar-refractivity contribution >= 4 is 21.7 Å². The van der Waals surface area contributed by atoms with Crippen LogP contribution in [-0.4, -0.2) is 21.3 Å². The number of hydrogen-bond donors (Lipinski definition) is 1. The Morgan fingerprint density at radius 2 is 2.21 bits per heavy atom. The molecule has 0 saturated carbocycles. The van der Waals surface area contributed by atoms with Gasteiger partial charge < -0.3 is 5.11 Å². The Labute approximate surface area is 86.6 Å². The number of aliphatic hydroxyl groups excluding tert-OH is 1. The second kappa shape index (κ2) is 3.29. The van der Waals surface area contributed by atoms with Crippen molar-refractivity contribution in [1.82, 2.24) is 9.59 Å². The molecule has 0 amide bonds. The van der Waals surface area contributed by atoms with Crippen molar-refractivity contribution in [2.24, 2.45) is 0 Å². The van der Waals surface area contributed by atoms with E-state index in [1.807, 2.05) is 32.0 Å². The minimum Gasteiger partial charge on any atom is -0.395 e. The van der Waals surface area contributed by atoms with E-state index in [2.05, 4.69) is 9.59 Å². The van der Waals surface area contributed by atoms with Crippen LogP contribution in [0, 0.1) is 0 Å². The number of nitrogens with zero attached hydrogens (tertiary/aromatic N) is 2. The number of aromatic nitrogens is 2. The first kappa shape index (κ1) is 9.55. The van der Waals surface area contributed by atoms with Crippen LogP contribution in [0.4, 0.5) is 0 Å². The fourth-order valence-electron chi connectivity index (χ4n) is 1.29. The number of fused-ring (bicyclic) bond motifs is 1. The van der Waals surface area contributed by atoms with E-state index >= 15 is 0 Å². The molecule has 1 aromatic carbocycles. The molecule has 0 aliphatic carbocycles. The SMILES string of the molecule is CC(C)(CO)c1ccc2snnc2c1. The minimum absolute atomic E-state index is 0.135. The summed E-state index contributed by atoms with van der Waals surface area (Å²) in [6.07, 6.45) is 0. The summed E-state index contributed by atoms with van der Waals surface area (Å²) in [5, 5.41) is 13.3. The van der Waals surface area contributed by atoms with E-state index in [1.54, 1.807) is 0 Å². The van der Waals surface area contributed by atoms with Crippen LogP contribution in [0.1, 0.15) is 19.4 Å². The maximum absolute atomic E-state index is 9.24. The van der Waals surface area contributed by atoms with Crippen LogP contribution < -0.4 is 0 Å². The van der Waals surface area contributed by atoms with Crippen molar-refractivity contribution in [3.63, 3.8) is 0 Å². The van der Waals surface area contributed by atoms with Crippen LogP contribution in [0.25, 0.3) is 10.2 Å². The summed E-state index contributed by atoms with van der Waals surface area (Å²) in [7, 11) is 0. The summed E-state index contributed by atoms with van der Waals surface area (Å²) in [5.74, 6) is 0. The molecule has 0 aliphatic heterocycles. The van der Waals surface area contributed by atoms with Crippen LogP contribution in [0.2, 0.25) is 0 Å². The molecule has 0 spiro atoms. The Kier molecular flexibility index (Phi) is 2.25. The lowest BCUT2D eigenvalue weighted by Crippen LogP contribution is -2.21. The molecule has 0 fully saturated rings. The summed E-state index contributed by atoms with van der Waals surface area (Å²) < 4.78 is 4.97. The van der Waals surface area contributed by atoms with E-state index in [0.29, 0.717) is 0 Å². The molecule has 0 radical (unpaired) electrons. The van der Waals surface area contributed by atoms with E-state index in [0.717, 1.165) is 15.8 Å². The normalized spacial score (nSPS) is 12.2. The summed E-state index contributed by atoms with van der Waals surface area (Å²) in [4.78, 5) is 0. The summed E-state index contributed by atoms with van der Waals surface area (Å²) in [6.45, 7) is 4.15. The van der Waals surface area contributed by atoms with E-state index in [-0.39, 0.29) is 12.0 Å². The molecule has 14 heavy (non-hydrogen) atoms. The lowest BCUT2D eigenvalue weighted by atomic mass is 9.85. The van der Waals surface area contributed by atoms with Gasteiger partial charge in [-0.05, 0) is 29.2 Å². The van der Waals surface area contributed by atoms with Gasteiger partial charge in [0.2, 0.25) is 0 Å². The van der Waals surface area contributed by atoms with E-state index in [4.69, 9.17) is 0 Å². The summed E-state index contributed by atoms with van der Waals surface area (Å²) >= 11 is 1.39. The number of hydrogen-bond acceptors (Lipinski definition) is 4. The average Bonchev–Trinajstić information content (AvgIpc) is 2.64. The Bertz CT molecular complexity index is 450. The number of benzene rings is 1. The molecule has 74 valence electrons. The molecule has 0 unspecified atom stereocenters. The third kappa shape index (κ3) is 1.51. The largest absolute Gasteiger partial charge is 0.395 e. The highest BCUT2D eigenvalue weighted by Crippen LogP contribution is 2.26. The fourth-order valence-corrected chi connectivity index (χ4v) is 1.83. The van der Waals surface area contributed by atoms with Gasteiger partial charge in [0.05, 0.1) is 11.3 Å². The second-order valence-electron chi connectivity index (χ2n) is 4.00. The Morgan fingerprint density at radius 1 is 1.43 bits per heavy atom. The fraction of sp³-hybridized carbons (Fsp3) is 0.400. The Morgan fingerprint density at radius 3 is 2.93 bits per heavy atom. The highest BCUT2D eigenvalue weighted by atomic mass is 32.1. The van der Waals surface area contributed by atoms with Gasteiger partial charge in [0, 0.05) is 5.41 Å². The molecule has 2 rings (SSSR count). The van der Waals surface area contributed by atoms with Crippen molar-refractivity contribution in [1.29, 1.82) is 0 Å². The average molecular weight is 208 g/mol. The first-order valence-electron chi connectivity index (χ1n) is 4.47. The molecule has 0 saturated heterocycles. The topological polar surface area (TPSA) is 46.0 Å². The standard InChI is InChI=1S/C10H12N2OS/c1-10(2,6-13)7-3-4-9-8(5-7)11-12-14-9/h3-5,13H,6H2,1-2H3. The number of aliphatic hydroxyl groups is 1. The molecule has 0 aliphatic rings. The van der Waals surface area contributed by atoms with Crippen molar-refractivity contribution in [3.05, 3.63) is 23.8 Å². The summed E-state index contributed by atoms with van der Waals surface area (Å²) in [6, 6.07) is 6.03. The third-order valence-electron chi connectivity index (χ3n) is 2.42. The van der Waals surface area contributed by atoms with Gasteiger partial charge in [-0.1, -0.05) is 24.4 Å². The van der Waals surface area contributed by atoms with E-state index in [1.165, 1.54) is 11.5 Å². The Balaban J connectivity index is 2.53. The van der Waals surface area contributed by atoms with Crippen LogP contribution in [0.3, 0.4) is 0 Å². The van der Waals surface area contributed by atoms with Gasteiger partial charge in [-0.2, -0.15) is 0 Å². The highest BCUT2D eigenvalue weighted by molar-refractivity contribution is 7.12. The minimum atomic E-state index is -0.211. The highest BCUT2D eigenvalue weighted by Gasteiger charge is 2.19. The van der Waals surface area contributed by atoms with Gasteiger partial charge in [-0.3, -0.25) is 0 Å². The Hall–Kier alpha value is -1.00. The van der Waals surface area contributed by atoms with Gasteiger partial charge in [0.15, 0.2) is 0 Å². The first-order chi connectivity index (χ1) is 6.63. The van der Waals surface area contributed by atoms with Crippen molar-refractivity contribution in [2.45, 2.75) is 19.3 Å². The zero-order valence-electron chi connectivity index (χ0n) is 8.19. The molecule has 2 aromatic rings. The molecule has 3 nitrogen and oxygen atoms in total. The zero-order chi connectivity index (χ0) is 10.2. The number of rotatable bonds is 2. The lowest BCUT2D eigenvalue weighted by Gasteiger charge is -2.21. The van der Waals surface area contributed by atoms with Crippen LogP contribution in [0.15, 0.2) is 18.2 Å². The first-order valence-corrected chi connectivity index (χ1v) is 5.24. The molecule has 4 heteroatoms. The summed E-state index contributed by atoms with van der Waals surface area (Å²) in [5.41, 5.74) is 1.80. The van der Waals surface area contributed by atoms with Crippen LogP contribution >= 0.6 is 11.5 Å². The molecule has 0 bridgehead atoms. The van der Waals surface area contributed by atoms with E-state index < -0.39 is 0 Å². The molecular weight excluding hydrogens is 196 g/mol.